The number of amides is 3. The zero-order chi connectivity index (χ0) is 15.6. The van der Waals surface area contributed by atoms with Gasteiger partial charge in [-0.1, -0.05) is 11.6 Å². The Kier molecular flexibility index (Phi) is 4.67. The van der Waals surface area contributed by atoms with Crippen molar-refractivity contribution < 1.29 is 14.0 Å². The first-order chi connectivity index (χ1) is 9.88. The van der Waals surface area contributed by atoms with Crippen LogP contribution in [0.3, 0.4) is 0 Å². The molecule has 1 atom stereocenters. The highest BCUT2D eigenvalue weighted by atomic mass is 35.5. The van der Waals surface area contributed by atoms with Crippen molar-refractivity contribution in [2.24, 2.45) is 0 Å². The summed E-state index contributed by atoms with van der Waals surface area (Å²) in [6, 6.07) is 2.17. The van der Waals surface area contributed by atoms with Gasteiger partial charge in [-0.3, -0.25) is 4.79 Å². The van der Waals surface area contributed by atoms with Gasteiger partial charge in [-0.25, -0.2) is 9.18 Å². The normalized spacial score (nSPS) is 19.0. The van der Waals surface area contributed by atoms with E-state index in [4.69, 9.17) is 11.6 Å². The molecule has 3 amide bonds. The van der Waals surface area contributed by atoms with Gasteiger partial charge in [0.15, 0.2) is 0 Å². The third kappa shape index (κ3) is 3.64. The van der Waals surface area contributed by atoms with E-state index in [1.807, 2.05) is 6.92 Å². The van der Waals surface area contributed by atoms with E-state index in [2.05, 4.69) is 10.6 Å². The van der Waals surface area contributed by atoms with Crippen molar-refractivity contribution in [1.29, 1.82) is 0 Å². The molecule has 2 N–H and O–H groups in total. The summed E-state index contributed by atoms with van der Waals surface area (Å²) in [5, 5.41) is 5.55. The Labute approximate surface area is 127 Å². The molecule has 114 valence electrons. The molecule has 2 rings (SSSR count). The number of anilines is 1. The standard InChI is InChI=1S/C14H17ClFN3O2/c1-8-5-12(10(15)6-11(8)16)18-14(21)19-4-3-13(20)17-7-9(19)2/h5-6,9H,3-4,7H2,1-2H3,(H,17,20)(H,18,21). The number of nitrogens with zero attached hydrogens (tertiary/aromatic N) is 1. The van der Waals surface area contributed by atoms with E-state index < -0.39 is 5.82 Å². The third-order valence-electron chi connectivity index (χ3n) is 3.46. The van der Waals surface area contributed by atoms with Crippen LogP contribution in [0, 0.1) is 12.7 Å². The van der Waals surface area contributed by atoms with Crippen molar-refractivity contribution in [2.75, 3.05) is 18.4 Å². The highest BCUT2D eigenvalue weighted by Gasteiger charge is 2.25. The first kappa shape index (κ1) is 15.6. The van der Waals surface area contributed by atoms with Gasteiger partial charge >= 0.3 is 6.03 Å². The first-order valence-electron chi connectivity index (χ1n) is 6.68. The zero-order valence-corrected chi connectivity index (χ0v) is 12.6. The maximum absolute atomic E-state index is 13.4. The molecule has 1 heterocycles. The summed E-state index contributed by atoms with van der Waals surface area (Å²) < 4.78 is 13.4. The lowest BCUT2D eigenvalue weighted by Gasteiger charge is -2.26. The minimum atomic E-state index is -0.420. The van der Waals surface area contributed by atoms with Crippen LogP contribution in [-0.2, 0) is 4.79 Å². The molecule has 0 bridgehead atoms. The maximum Gasteiger partial charge on any atom is 0.322 e. The minimum absolute atomic E-state index is 0.0761. The summed E-state index contributed by atoms with van der Waals surface area (Å²) in [4.78, 5) is 25.2. The van der Waals surface area contributed by atoms with Gasteiger partial charge in [-0.2, -0.15) is 0 Å². The van der Waals surface area contributed by atoms with Gasteiger partial charge in [-0.05, 0) is 31.5 Å². The van der Waals surface area contributed by atoms with Crippen molar-refractivity contribution in [3.05, 3.63) is 28.5 Å². The van der Waals surface area contributed by atoms with Crippen molar-refractivity contribution in [3.8, 4) is 0 Å². The number of hydrogen-bond acceptors (Lipinski definition) is 2. The van der Waals surface area contributed by atoms with Crippen LogP contribution in [0.15, 0.2) is 12.1 Å². The number of carbonyl (C=O) groups excluding carboxylic acids is 2. The number of carbonyl (C=O) groups is 2. The number of benzene rings is 1. The quantitative estimate of drug-likeness (QED) is 0.837. The van der Waals surface area contributed by atoms with Crippen molar-refractivity contribution >= 4 is 29.2 Å². The fourth-order valence-electron chi connectivity index (χ4n) is 2.14. The molecule has 21 heavy (non-hydrogen) atoms. The van der Waals surface area contributed by atoms with Crippen LogP contribution in [0.5, 0.6) is 0 Å². The molecule has 1 aliphatic rings. The highest BCUT2D eigenvalue weighted by Crippen LogP contribution is 2.25. The van der Waals surface area contributed by atoms with Crippen LogP contribution in [0.25, 0.3) is 0 Å². The molecule has 7 heteroatoms. The Morgan fingerprint density at radius 2 is 2.24 bits per heavy atom. The summed E-state index contributed by atoms with van der Waals surface area (Å²) in [7, 11) is 0. The lowest BCUT2D eigenvalue weighted by atomic mass is 10.2. The molecule has 1 aromatic rings. The smallest absolute Gasteiger partial charge is 0.322 e. The molecular formula is C14H17ClFN3O2. The van der Waals surface area contributed by atoms with E-state index in [0.29, 0.717) is 24.3 Å². The van der Waals surface area contributed by atoms with Crippen molar-refractivity contribution in [3.63, 3.8) is 0 Å². The van der Waals surface area contributed by atoms with E-state index in [9.17, 15) is 14.0 Å². The van der Waals surface area contributed by atoms with Gasteiger partial charge in [0.1, 0.15) is 5.82 Å². The Morgan fingerprint density at radius 1 is 1.52 bits per heavy atom. The second-order valence-corrected chi connectivity index (χ2v) is 5.52. The van der Waals surface area contributed by atoms with Crippen molar-refractivity contribution in [2.45, 2.75) is 26.3 Å². The average Bonchev–Trinajstić information content (AvgIpc) is 2.58. The van der Waals surface area contributed by atoms with Gasteiger partial charge in [0, 0.05) is 25.6 Å². The molecule has 0 radical (unpaired) electrons. The van der Waals surface area contributed by atoms with Crippen LogP contribution >= 0.6 is 11.6 Å². The molecule has 1 unspecified atom stereocenters. The van der Waals surface area contributed by atoms with E-state index in [0.717, 1.165) is 0 Å². The fourth-order valence-corrected chi connectivity index (χ4v) is 2.34. The molecule has 5 nitrogen and oxygen atoms in total. The third-order valence-corrected chi connectivity index (χ3v) is 3.77. The molecule has 1 saturated heterocycles. The number of urea groups is 1. The summed E-state index contributed by atoms with van der Waals surface area (Å²) >= 11 is 5.94. The topological polar surface area (TPSA) is 61.4 Å². The maximum atomic E-state index is 13.4. The number of nitrogens with one attached hydrogen (secondary N) is 2. The summed E-state index contributed by atoms with van der Waals surface area (Å²) in [6.45, 7) is 4.18. The molecule has 1 aliphatic heterocycles. The van der Waals surface area contributed by atoms with Crippen LogP contribution in [-0.4, -0.2) is 36.0 Å². The molecule has 0 aromatic heterocycles. The molecular weight excluding hydrogens is 297 g/mol. The van der Waals surface area contributed by atoms with Gasteiger partial charge in [0.25, 0.3) is 0 Å². The van der Waals surface area contributed by atoms with Crippen LogP contribution < -0.4 is 10.6 Å². The summed E-state index contributed by atoms with van der Waals surface area (Å²) in [6.07, 6.45) is 0.258. The summed E-state index contributed by atoms with van der Waals surface area (Å²) in [5.41, 5.74) is 0.756. The Balaban J connectivity index is 2.13. The Hall–Kier alpha value is -1.82. The molecule has 0 spiro atoms. The number of halogens is 2. The molecule has 0 aliphatic carbocycles. The van der Waals surface area contributed by atoms with Gasteiger partial charge in [-0.15, -0.1) is 0 Å². The molecule has 1 aromatic carbocycles. The zero-order valence-electron chi connectivity index (χ0n) is 11.9. The lowest BCUT2D eigenvalue weighted by molar-refractivity contribution is -0.120. The predicted molar refractivity (Wildman–Crippen MR) is 79.0 cm³/mol. The van der Waals surface area contributed by atoms with Crippen molar-refractivity contribution in [1.82, 2.24) is 10.2 Å². The van der Waals surface area contributed by atoms with E-state index in [1.165, 1.54) is 12.1 Å². The van der Waals surface area contributed by atoms with Crippen LogP contribution in [0.1, 0.15) is 18.9 Å². The fraction of sp³-hybridized carbons (Fsp3) is 0.429. The molecule has 1 fully saturated rings. The van der Waals surface area contributed by atoms with E-state index in [1.54, 1.807) is 11.8 Å². The monoisotopic (exact) mass is 313 g/mol. The summed E-state index contributed by atoms with van der Waals surface area (Å²) in [5.74, 6) is -0.497. The highest BCUT2D eigenvalue weighted by molar-refractivity contribution is 6.33. The Bertz CT molecular complexity index is 580. The van der Waals surface area contributed by atoms with Gasteiger partial charge < -0.3 is 15.5 Å². The minimum Gasteiger partial charge on any atom is -0.354 e. The molecule has 0 saturated carbocycles. The second-order valence-electron chi connectivity index (χ2n) is 5.11. The first-order valence-corrected chi connectivity index (χ1v) is 7.06. The number of rotatable bonds is 1. The predicted octanol–water partition coefficient (Wildman–Crippen LogP) is 2.53. The average molecular weight is 314 g/mol. The number of hydrogen-bond donors (Lipinski definition) is 2. The van der Waals surface area contributed by atoms with E-state index >= 15 is 0 Å². The SMILES string of the molecule is Cc1cc(NC(=O)N2CCC(=O)NCC2C)c(Cl)cc1F. The van der Waals surface area contributed by atoms with Gasteiger partial charge in [0.05, 0.1) is 10.7 Å². The van der Waals surface area contributed by atoms with E-state index in [-0.39, 0.29) is 29.4 Å². The van der Waals surface area contributed by atoms with Gasteiger partial charge in [0.2, 0.25) is 5.91 Å². The second kappa shape index (κ2) is 6.30. The largest absolute Gasteiger partial charge is 0.354 e. The van der Waals surface area contributed by atoms with Crippen LogP contribution in [0.2, 0.25) is 5.02 Å². The lowest BCUT2D eigenvalue weighted by Crippen LogP contribution is -2.44. The number of aryl methyl sites for hydroxylation is 1. The Morgan fingerprint density at radius 3 is 2.95 bits per heavy atom. The van der Waals surface area contributed by atoms with Crippen LogP contribution in [0.4, 0.5) is 14.9 Å².